The van der Waals surface area contributed by atoms with E-state index in [1.807, 2.05) is 0 Å². The third-order valence-corrected chi connectivity index (χ3v) is 4.62. The Labute approximate surface area is 118 Å². The predicted octanol–water partition coefficient (Wildman–Crippen LogP) is 1.03. The number of likely N-dealkylation sites (tertiary alicyclic amines) is 1. The maximum absolute atomic E-state index is 5.63. The number of hydrogen-bond acceptors (Lipinski definition) is 4. The fraction of sp³-hybridized carbons (Fsp3) is 1.00. The highest BCUT2D eigenvalue weighted by atomic mass is 16.5. The second-order valence-corrected chi connectivity index (χ2v) is 6.50. The highest BCUT2D eigenvalue weighted by Gasteiger charge is 2.22. The van der Waals surface area contributed by atoms with E-state index in [1.165, 1.54) is 38.9 Å². The summed E-state index contributed by atoms with van der Waals surface area (Å²) in [6, 6.07) is 0.604. The SMILES string of the molecule is CC(CNCC1CCCO1)N(C)CC1CCN(C)C1. The molecule has 112 valence electrons. The maximum Gasteiger partial charge on any atom is 0.0700 e. The normalized spacial score (nSPS) is 30.3. The molecule has 0 aromatic carbocycles. The van der Waals surface area contributed by atoms with E-state index < -0.39 is 0 Å². The lowest BCUT2D eigenvalue weighted by Gasteiger charge is -2.28. The van der Waals surface area contributed by atoms with Gasteiger partial charge in [-0.3, -0.25) is 0 Å². The molecule has 2 heterocycles. The number of nitrogens with zero attached hydrogens (tertiary/aromatic N) is 2. The minimum Gasteiger partial charge on any atom is -0.377 e. The van der Waals surface area contributed by atoms with Crippen molar-refractivity contribution in [3.63, 3.8) is 0 Å². The number of hydrogen-bond donors (Lipinski definition) is 1. The average Bonchev–Trinajstić information content (AvgIpc) is 3.01. The van der Waals surface area contributed by atoms with Gasteiger partial charge in [0.05, 0.1) is 6.10 Å². The molecule has 0 spiro atoms. The minimum atomic E-state index is 0.459. The monoisotopic (exact) mass is 269 g/mol. The van der Waals surface area contributed by atoms with E-state index >= 15 is 0 Å². The quantitative estimate of drug-likeness (QED) is 0.747. The number of nitrogens with one attached hydrogen (secondary N) is 1. The zero-order valence-corrected chi connectivity index (χ0v) is 12.9. The van der Waals surface area contributed by atoms with Crippen LogP contribution < -0.4 is 5.32 Å². The molecule has 2 aliphatic heterocycles. The van der Waals surface area contributed by atoms with Crippen LogP contribution in [-0.2, 0) is 4.74 Å². The number of rotatable bonds is 7. The van der Waals surface area contributed by atoms with Crippen LogP contribution in [0.1, 0.15) is 26.2 Å². The van der Waals surface area contributed by atoms with Gasteiger partial charge < -0.3 is 19.9 Å². The average molecular weight is 269 g/mol. The fourth-order valence-electron chi connectivity index (χ4n) is 3.18. The van der Waals surface area contributed by atoms with Crippen molar-refractivity contribution < 1.29 is 4.74 Å². The number of likely N-dealkylation sites (N-methyl/N-ethyl adjacent to an activating group) is 1. The van der Waals surface area contributed by atoms with E-state index in [2.05, 4.69) is 36.1 Å². The Balaban J connectivity index is 1.57. The summed E-state index contributed by atoms with van der Waals surface area (Å²) in [5.41, 5.74) is 0. The largest absolute Gasteiger partial charge is 0.377 e. The molecule has 4 nitrogen and oxygen atoms in total. The van der Waals surface area contributed by atoms with Crippen LogP contribution in [0.5, 0.6) is 0 Å². The standard InChI is InChI=1S/C15H31N3O/c1-13(9-16-10-15-5-4-8-19-15)18(3)12-14-6-7-17(2)11-14/h13-16H,4-12H2,1-3H3. The van der Waals surface area contributed by atoms with Crippen molar-refractivity contribution in [1.82, 2.24) is 15.1 Å². The molecule has 0 saturated carbocycles. The Morgan fingerprint density at radius 1 is 1.42 bits per heavy atom. The van der Waals surface area contributed by atoms with E-state index in [0.717, 1.165) is 25.6 Å². The summed E-state index contributed by atoms with van der Waals surface area (Å²) in [6.07, 6.45) is 4.28. The van der Waals surface area contributed by atoms with Gasteiger partial charge in [0.25, 0.3) is 0 Å². The molecule has 0 aliphatic carbocycles. The van der Waals surface area contributed by atoms with Crippen molar-refractivity contribution in [1.29, 1.82) is 0 Å². The van der Waals surface area contributed by atoms with E-state index in [-0.39, 0.29) is 0 Å². The van der Waals surface area contributed by atoms with E-state index in [1.54, 1.807) is 0 Å². The first-order valence-corrected chi connectivity index (χ1v) is 7.86. The second-order valence-electron chi connectivity index (χ2n) is 6.50. The molecule has 4 heteroatoms. The van der Waals surface area contributed by atoms with Gasteiger partial charge in [0.2, 0.25) is 0 Å². The highest BCUT2D eigenvalue weighted by Crippen LogP contribution is 2.16. The third kappa shape index (κ3) is 5.03. The van der Waals surface area contributed by atoms with Gasteiger partial charge >= 0.3 is 0 Å². The third-order valence-electron chi connectivity index (χ3n) is 4.62. The first-order chi connectivity index (χ1) is 9.15. The van der Waals surface area contributed by atoms with Gasteiger partial charge in [0.15, 0.2) is 0 Å². The molecular weight excluding hydrogens is 238 g/mol. The van der Waals surface area contributed by atoms with Crippen molar-refractivity contribution in [2.24, 2.45) is 5.92 Å². The van der Waals surface area contributed by atoms with Gasteiger partial charge in [0, 0.05) is 38.8 Å². The van der Waals surface area contributed by atoms with E-state index in [0.29, 0.717) is 12.1 Å². The number of ether oxygens (including phenoxy) is 1. The molecule has 0 bridgehead atoms. The zero-order valence-electron chi connectivity index (χ0n) is 12.9. The fourth-order valence-corrected chi connectivity index (χ4v) is 3.18. The molecule has 1 N–H and O–H groups in total. The van der Waals surface area contributed by atoms with Crippen LogP contribution in [0, 0.1) is 5.92 Å². The summed E-state index contributed by atoms with van der Waals surface area (Å²) >= 11 is 0. The topological polar surface area (TPSA) is 27.7 Å². The Bertz CT molecular complexity index is 256. The molecule has 0 amide bonds. The molecule has 0 aromatic heterocycles. The molecule has 3 atom stereocenters. The van der Waals surface area contributed by atoms with Crippen LogP contribution in [0.4, 0.5) is 0 Å². The summed E-state index contributed by atoms with van der Waals surface area (Å²) in [4.78, 5) is 4.95. The summed E-state index contributed by atoms with van der Waals surface area (Å²) in [5.74, 6) is 0.857. The van der Waals surface area contributed by atoms with Crippen LogP contribution in [0.3, 0.4) is 0 Å². The Hall–Kier alpha value is -0.160. The van der Waals surface area contributed by atoms with Crippen molar-refractivity contribution in [2.75, 3.05) is 53.4 Å². The molecule has 3 unspecified atom stereocenters. The van der Waals surface area contributed by atoms with Crippen molar-refractivity contribution in [3.05, 3.63) is 0 Å². The van der Waals surface area contributed by atoms with Crippen LogP contribution in [-0.4, -0.2) is 75.4 Å². The smallest absolute Gasteiger partial charge is 0.0700 e. The molecule has 2 fully saturated rings. The lowest BCUT2D eigenvalue weighted by atomic mass is 10.1. The summed E-state index contributed by atoms with van der Waals surface area (Å²) in [7, 11) is 4.49. The molecule has 0 aromatic rings. The van der Waals surface area contributed by atoms with Gasteiger partial charge in [-0.1, -0.05) is 0 Å². The zero-order chi connectivity index (χ0) is 13.7. The van der Waals surface area contributed by atoms with Crippen molar-refractivity contribution in [2.45, 2.75) is 38.3 Å². The maximum atomic E-state index is 5.63. The Morgan fingerprint density at radius 2 is 2.26 bits per heavy atom. The second kappa shape index (κ2) is 7.58. The van der Waals surface area contributed by atoms with Gasteiger partial charge in [-0.15, -0.1) is 0 Å². The van der Waals surface area contributed by atoms with Crippen molar-refractivity contribution >= 4 is 0 Å². The first kappa shape index (κ1) is 15.2. The highest BCUT2D eigenvalue weighted by molar-refractivity contribution is 4.78. The van der Waals surface area contributed by atoms with Gasteiger partial charge in [-0.05, 0) is 52.7 Å². The van der Waals surface area contributed by atoms with Crippen LogP contribution >= 0.6 is 0 Å². The van der Waals surface area contributed by atoms with Crippen molar-refractivity contribution in [3.8, 4) is 0 Å². The summed E-state index contributed by atoms with van der Waals surface area (Å²) in [6.45, 7) is 9.12. The van der Waals surface area contributed by atoms with Gasteiger partial charge in [0.1, 0.15) is 0 Å². The Kier molecular flexibility index (Phi) is 6.07. The molecule has 2 aliphatic rings. The minimum absolute atomic E-state index is 0.459. The molecule has 19 heavy (non-hydrogen) atoms. The van der Waals surface area contributed by atoms with E-state index in [4.69, 9.17) is 4.74 Å². The molecule has 2 rings (SSSR count). The predicted molar refractivity (Wildman–Crippen MR) is 79.5 cm³/mol. The lowest BCUT2D eigenvalue weighted by Crippen LogP contribution is -2.42. The van der Waals surface area contributed by atoms with Gasteiger partial charge in [-0.25, -0.2) is 0 Å². The summed E-state index contributed by atoms with van der Waals surface area (Å²) < 4.78 is 5.63. The van der Waals surface area contributed by atoms with Crippen LogP contribution in [0.15, 0.2) is 0 Å². The van der Waals surface area contributed by atoms with E-state index in [9.17, 15) is 0 Å². The van der Waals surface area contributed by atoms with Crippen LogP contribution in [0.25, 0.3) is 0 Å². The summed E-state index contributed by atoms with van der Waals surface area (Å²) in [5, 5.41) is 3.56. The van der Waals surface area contributed by atoms with Gasteiger partial charge in [-0.2, -0.15) is 0 Å². The molecule has 2 saturated heterocycles. The molecule has 0 radical (unpaired) electrons. The molecular formula is C15H31N3O. The van der Waals surface area contributed by atoms with Crippen LogP contribution in [0.2, 0.25) is 0 Å². The Morgan fingerprint density at radius 3 is 2.89 bits per heavy atom. The lowest BCUT2D eigenvalue weighted by molar-refractivity contribution is 0.107. The first-order valence-electron chi connectivity index (χ1n) is 7.86.